The number of hydrogen-bond acceptors (Lipinski definition) is 6. The van der Waals surface area contributed by atoms with E-state index in [0.29, 0.717) is 24.6 Å². The molecule has 1 aromatic heterocycles. The van der Waals surface area contributed by atoms with Crippen molar-refractivity contribution < 1.29 is 14.4 Å². The molecule has 0 aliphatic carbocycles. The maximum Gasteiger partial charge on any atom is 0.231 e. The van der Waals surface area contributed by atoms with E-state index in [1.165, 1.54) is 11.3 Å². The number of carbonyl (C=O) groups is 3. The molecule has 0 saturated carbocycles. The standard InChI is InChI=1S/C26H27N5O3S/c1-15-8-6-10-21(17(15)3)31-13-18(11-22(31)32)24(34)27-26-29-28-25(35-26)19-12-23(33)30(14-19)20-9-5-4-7-16(20)2/h4-10,18-19H,11-14H2,1-3H3,(H,27,29,34). The van der Waals surface area contributed by atoms with Gasteiger partial charge >= 0.3 is 0 Å². The van der Waals surface area contributed by atoms with Gasteiger partial charge in [-0.3, -0.25) is 14.4 Å². The minimum Gasteiger partial charge on any atom is -0.311 e. The molecule has 2 atom stereocenters. The third-order valence-corrected chi connectivity index (χ3v) is 7.92. The summed E-state index contributed by atoms with van der Waals surface area (Å²) in [7, 11) is 0. The molecule has 5 rings (SSSR count). The first-order chi connectivity index (χ1) is 16.8. The van der Waals surface area contributed by atoms with E-state index in [1.54, 1.807) is 9.80 Å². The molecule has 3 heterocycles. The van der Waals surface area contributed by atoms with Crippen LogP contribution in [0.3, 0.4) is 0 Å². The highest BCUT2D eigenvalue weighted by Crippen LogP contribution is 2.36. The second-order valence-electron chi connectivity index (χ2n) is 9.25. The predicted molar refractivity (Wildman–Crippen MR) is 136 cm³/mol. The van der Waals surface area contributed by atoms with Crippen LogP contribution in [0.25, 0.3) is 0 Å². The largest absolute Gasteiger partial charge is 0.311 e. The third kappa shape index (κ3) is 4.43. The van der Waals surface area contributed by atoms with Crippen molar-refractivity contribution in [2.75, 3.05) is 28.2 Å². The highest BCUT2D eigenvalue weighted by molar-refractivity contribution is 7.15. The van der Waals surface area contributed by atoms with Gasteiger partial charge in [-0.15, -0.1) is 10.2 Å². The Morgan fingerprint density at radius 1 is 0.886 bits per heavy atom. The summed E-state index contributed by atoms with van der Waals surface area (Å²) in [6.45, 7) is 6.86. The highest BCUT2D eigenvalue weighted by Gasteiger charge is 2.37. The summed E-state index contributed by atoms with van der Waals surface area (Å²) in [5.41, 5.74) is 4.97. The van der Waals surface area contributed by atoms with Crippen LogP contribution >= 0.6 is 11.3 Å². The molecule has 2 unspecified atom stereocenters. The lowest BCUT2D eigenvalue weighted by atomic mass is 10.1. The number of benzene rings is 2. The quantitative estimate of drug-likeness (QED) is 0.585. The zero-order valence-corrected chi connectivity index (χ0v) is 20.8. The summed E-state index contributed by atoms with van der Waals surface area (Å²) in [6, 6.07) is 13.7. The third-order valence-electron chi connectivity index (χ3n) is 6.91. The van der Waals surface area contributed by atoms with Gasteiger partial charge in [-0.1, -0.05) is 41.7 Å². The molecule has 35 heavy (non-hydrogen) atoms. The van der Waals surface area contributed by atoms with E-state index < -0.39 is 5.92 Å². The number of rotatable bonds is 5. The van der Waals surface area contributed by atoms with E-state index in [-0.39, 0.29) is 30.1 Å². The van der Waals surface area contributed by atoms with Crippen molar-refractivity contribution >= 4 is 45.6 Å². The van der Waals surface area contributed by atoms with Gasteiger partial charge < -0.3 is 15.1 Å². The van der Waals surface area contributed by atoms with E-state index in [1.807, 2.05) is 63.2 Å². The van der Waals surface area contributed by atoms with Crippen molar-refractivity contribution in [1.82, 2.24) is 10.2 Å². The van der Waals surface area contributed by atoms with Crippen LogP contribution in [0.1, 0.15) is 40.5 Å². The maximum atomic E-state index is 12.9. The number of nitrogens with one attached hydrogen (secondary N) is 1. The fraction of sp³-hybridized carbons (Fsp3) is 0.346. The number of amides is 3. The molecule has 180 valence electrons. The SMILES string of the molecule is Cc1ccccc1N1CC(c2nnc(NC(=O)C3CC(=O)N(c4cccc(C)c4C)C3)s2)CC1=O. The number of aryl methyl sites for hydroxylation is 2. The summed E-state index contributed by atoms with van der Waals surface area (Å²) in [6.07, 6.45) is 0.520. The average Bonchev–Trinajstić information content (AvgIpc) is 3.55. The van der Waals surface area contributed by atoms with Crippen LogP contribution in [0.5, 0.6) is 0 Å². The minimum atomic E-state index is -0.459. The number of aromatic nitrogens is 2. The van der Waals surface area contributed by atoms with Gasteiger partial charge in [0.25, 0.3) is 0 Å². The molecule has 9 heteroatoms. The van der Waals surface area contributed by atoms with Crippen molar-refractivity contribution in [1.29, 1.82) is 0 Å². The summed E-state index contributed by atoms with van der Waals surface area (Å²) >= 11 is 1.29. The highest BCUT2D eigenvalue weighted by atomic mass is 32.1. The Morgan fingerprint density at radius 2 is 1.57 bits per heavy atom. The molecule has 8 nitrogen and oxygen atoms in total. The molecule has 2 fully saturated rings. The Hall–Kier alpha value is -3.59. The number of nitrogens with zero attached hydrogens (tertiary/aromatic N) is 4. The molecule has 0 spiro atoms. The lowest BCUT2D eigenvalue weighted by Crippen LogP contribution is -2.28. The summed E-state index contributed by atoms with van der Waals surface area (Å²) in [5.74, 6) is -0.769. The van der Waals surface area contributed by atoms with Crippen LogP contribution in [0, 0.1) is 26.7 Å². The number of para-hydroxylation sites is 1. The first-order valence-electron chi connectivity index (χ1n) is 11.7. The normalized spacial score (nSPS) is 20.1. The molecular weight excluding hydrogens is 462 g/mol. The van der Waals surface area contributed by atoms with Gasteiger partial charge in [0.1, 0.15) is 5.01 Å². The Kier molecular flexibility index (Phi) is 6.10. The van der Waals surface area contributed by atoms with Gasteiger partial charge in [0.2, 0.25) is 22.9 Å². The second kappa shape index (κ2) is 9.22. The van der Waals surface area contributed by atoms with Crippen molar-refractivity contribution in [3.63, 3.8) is 0 Å². The van der Waals surface area contributed by atoms with Gasteiger partial charge in [-0.25, -0.2) is 0 Å². The number of carbonyl (C=O) groups excluding carboxylic acids is 3. The van der Waals surface area contributed by atoms with Gasteiger partial charge in [-0.05, 0) is 49.6 Å². The molecule has 2 aromatic carbocycles. The molecule has 3 aromatic rings. The van der Waals surface area contributed by atoms with Gasteiger partial charge in [-0.2, -0.15) is 0 Å². The summed E-state index contributed by atoms with van der Waals surface area (Å²) in [4.78, 5) is 41.8. The molecule has 2 aliphatic rings. The summed E-state index contributed by atoms with van der Waals surface area (Å²) < 4.78 is 0. The van der Waals surface area contributed by atoms with Gasteiger partial charge in [0.15, 0.2) is 0 Å². The van der Waals surface area contributed by atoms with Crippen LogP contribution < -0.4 is 15.1 Å². The van der Waals surface area contributed by atoms with Crippen molar-refractivity contribution in [2.45, 2.75) is 39.5 Å². The first kappa shape index (κ1) is 23.2. The smallest absolute Gasteiger partial charge is 0.231 e. The van der Waals surface area contributed by atoms with E-state index >= 15 is 0 Å². The lowest BCUT2D eigenvalue weighted by Gasteiger charge is -2.20. The number of hydrogen-bond donors (Lipinski definition) is 1. The first-order valence-corrected chi connectivity index (χ1v) is 12.5. The van der Waals surface area contributed by atoms with Crippen molar-refractivity contribution in [2.24, 2.45) is 5.92 Å². The molecule has 0 bridgehead atoms. The van der Waals surface area contributed by atoms with E-state index in [2.05, 4.69) is 15.5 Å². The van der Waals surface area contributed by atoms with Crippen LogP contribution in [-0.2, 0) is 14.4 Å². The molecule has 2 aliphatic heterocycles. The van der Waals surface area contributed by atoms with E-state index in [4.69, 9.17) is 0 Å². The fourth-order valence-electron chi connectivity index (χ4n) is 4.77. The van der Waals surface area contributed by atoms with Crippen LogP contribution in [0.2, 0.25) is 0 Å². The van der Waals surface area contributed by atoms with E-state index in [9.17, 15) is 14.4 Å². The van der Waals surface area contributed by atoms with Crippen molar-refractivity contribution in [3.8, 4) is 0 Å². The topological polar surface area (TPSA) is 95.5 Å². The Bertz CT molecular complexity index is 1320. The minimum absolute atomic E-state index is 0.0566. The van der Waals surface area contributed by atoms with Crippen molar-refractivity contribution in [3.05, 3.63) is 64.2 Å². The average molecular weight is 490 g/mol. The second-order valence-corrected chi connectivity index (χ2v) is 10.3. The molecule has 0 radical (unpaired) electrons. The monoisotopic (exact) mass is 489 g/mol. The predicted octanol–water partition coefficient (Wildman–Crippen LogP) is 3.98. The van der Waals surface area contributed by atoms with Gasteiger partial charge in [0.05, 0.1) is 5.92 Å². The van der Waals surface area contributed by atoms with Gasteiger partial charge in [0, 0.05) is 43.2 Å². The van der Waals surface area contributed by atoms with E-state index in [0.717, 1.165) is 33.1 Å². The summed E-state index contributed by atoms with van der Waals surface area (Å²) in [5, 5.41) is 12.4. The van der Waals surface area contributed by atoms with Crippen LogP contribution in [-0.4, -0.2) is 41.0 Å². The fourth-order valence-corrected chi connectivity index (χ4v) is 5.61. The molecular formula is C26H27N5O3S. The Balaban J connectivity index is 1.24. The zero-order chi connectivity index (χ0) is 24.7. The lowest BCUT2D eigenvalue weighted by molar-refractivity contribution is -0.122. The zero-order valence-electron chi connectivity index (χ0n) is 19.9. The Morgan fingerprint density at radius 3 is 2.37 bits per heavy atom. The Labute approximate surface area is 208 Å². The van der Waals surface area contributed by atoms with Crippen LogP contribution in [0.4, 0.5) is 16.5 Å². The number of anilines is 3. The molecule has 2 saturated heterocycles. The molecule has 3 amide bonds. The van der Waals surface area contributed by atoms with Crippen LogP contribution in [0.15, 0.2) is 42.5 Å². The maximum absolute atomic E-state index is 12.9. The molecule has 1 N–H and O–H groups in total.